The molecule has 0 aliphatic heterocycles. The van der Waals surface area contributed by atoms with Crippen LogP contribution in [0.2, 0.25) is 0 Å². The highest BCUT2D eigenvalue weighted by Gasteiger charge is 2.21. The molecule has 0 fully saturated rings. The molecule has 202 valence electrons. The van der Waals surface area contributed by atoms with E-state index < -0.39 is 0 Å². The van der Waals surface area contributed by atoms with Gasteiger partial charge in [0, 0.05) is 58.8 Å². The van der Waals surface area contributed by atoms with Crippen molar-refractivity contribution in [2.75, 3.05) is 5.73 Å². The lowest BCUT2D eigenvalue weighted by atomic mass is 10.2. The molecular formula is C28H24N12O. The number of H-pyrrole nitrogens is 2. The van der Waals surface area contributed by atoms with Gasteiger partial charge in [0.2, 0.25) is 0 Å². The standard InChI is InChI=1S/C17H14N6O.C11H10N6/c24-17-12-4-3-5-14(12)21-16-13(9-20-23(16)17)11-8-19-22(10-11)15-6-1-2-7-18-15;12-11-9(6-14-16-11)8-5-15-17(7-8)10-3-1-2-4-13-10/h1-2,6-10,20H,3-5H2;1-7H,(H3,12,14,16). The van der Waals surface area contributed by atoms with Gasteiger partial charge in [-0.25, -0.2) is 28.8 Å². The summed E-state index contributed by atoms with van der Waals surface area (Å²) in [5.41, 5.74) is 11.7. The SMILES string of the molecule is Nc1[nH]ncc1-c1cnn(-c2ccccn2)c1.O=c1c2c(nc3c(-c4cnn(-c5ccccn5)c4)c[nH]n13)CCC2. The summed E-state index contributed by atoms with van der Waals surface area (Å²) in [6, 6.07) is 11.3. The first-order valence-electron chi connectivity index (χ1n) is 13.0. The molecule has 7 aromatic heterocycles. The van der Waals surface area contributed by atoms with Gasteiger partial charge in [0.25, 0.3) is 5.56 Å². The summed E-state index contributed by atoms with van der Waals surface area (Å²) in [7, 11) is 0. The summed E-state index contributed by atoms with van der Waals surface area (Å²) < 4.78 is 4.93. The number of hydrogen-bond donors (Lipinski definition) is 3. The summed E-state index contributed by atoms with van der Waals surface area (Å²) in [5.74, 6) is 2.04. The minimum Gasteiger partial charge on any atom is -0.384 e. The van der Waals surface area contributed by atoms with Gasteiger partial charge in [-0.1, -0.05) is 12.1 Å². The van der Waals surface area contributed by atoms with E-state index in [1.54, 1.807) is 46.5 Å². The number of nitrogens with two attached hydrogens (primary N) is 1. The molecular weight excluding hydrogens is 520 g/mol. The Balaban J connectivity index is 0.000000143. The molecule has 0 saturated heterocycles. The predicted octanol–water partition coefficient (Wildman–Crippen LogP) is 3.00. The number of pyridine rings is 2. The quantitative estimate of drug-likeness (QED) is 0.304. The number of aromatic amines is 2. The fourth-order valence-corrected chi connectivity index (χ4v) is 4.88. The van der Waals surface area contributed by atoms with E-state index in [4.69, 9.17) is 10.7 Å². The van der Waals surface area contributed by atoms with Crippen LogP contribution in [0.3, 0.4) is 0 Å². The van der Waals surface area contributed by atoms with E-state index in [9.17, 15) is 4.79 Å². The molecule has 0 spiro atoms. The van der Waals surface area contributed by atoms with Gasteiger partial charge in [-0.3, -0.25) is 15.0 Å². The molecule has 41 heavy (non-hydrogen) atoms. The zero-order valence-corrected chi connectivity index (χ0v) is 21.7. The second kappa shape index (κ2) is 10.0. The van der Waals surface area contributed by atoms with Crippen LogP contribution in [-0.4, -0.2) is 54.3 Å². The lowest BCUT2D eigenvalue weighted by molar-refractivity contribution is 0.847. The van der Waals surface area contributed by atoms with Gasteiger partial charge in [0.05, 0.1) is 24.3 Å². The largest absolute Gasteiger partial charge is 0.384 e. The van der Waals surface area contributed by atoms with Crippen molar-refractivity contribution >= 4 is 11.5 Å². The van der Waals surface area contributed by atoms with Gasteiger partial charge >= 0.3 is 0 Å². The predicted molar refractivity (Wildman–Crippen MR) is 152 cm³/mol. The molecule has 0 unspecified atom stereocenters. The van der Waals surface area contributed by atoms with Crippen molar-refractivity contribution in [2.45, 2.75) is 19.3 Å². The van der Waals surface area contributed by atoms with E-state index in [1.165, 1.54) is 4.52 Å². The maximum absolute atomic E-state index is 12.6. The van der Waals surface area contributed by atoms with Crippen LogP contribution in [0.4, 0.5) is 5.82 Å². The highest BCUT2D eigenvalue weighted by atomic mass is 16.1. The smallest absolute Gasteiger partial charge is 0.276 e. The van der Waals surface area contributed by atoms with Crippen molar-refractivity contribution in [1.82, 2.24) is 54.3 Å². The van der Waals surface area contributed by atoms with Crippen LogP contribution in [-0.2, 0) is 12.8 Å². The first-order valence-corrected chi connectivity index (χ1v) is 13.0. The number of nitrogens with zero attached hydrogens (tertiary/aromatic N) is 9. The summed E-state index contributed by atoms with van der Waals surface area (Å²) in [6.07, 6.45) is 16.9. The van der Waals surface area contributed by atoms with E-state index in [-0.39, 0.29) is 5.56 Å². The van der Waals surface area contributed by atoms with Crippen LogP contribution in [0.1, 0.15) is 17.7 Å². The van der Waals surface area contributed by atoms with E-state index >= 15 is 0 Å². The Morgan fingerprint density at radius 3 is 2.12 bits per heavy atom. The minimum absolute atomic E-state index is 0.0101. The molecule has 0 amide bonds. The second-order valence-electron chi connectivity index (χ2n) is 9.46. The molecule has 1 aliphatic carbocycles. The number of fused-ring (bicyclic) bond motifs is 2. The van der Waals surface area contributed by atoms with Crippen molar-refractivity contribution in [3.63, 3.8) is 0 Å². The number of anilines is 1. The monoisotopic (exact) mass is 544 g/mol. The number of hydrogen-bond acceptors (Lipinski definition) is 8. The minimum atomic E-state index is 0.0101. The molecule has 7 aromatic rings. The molecule has 4 N–H and O–H groups in total. The van der Waals surface area contributed by atoms with Crippen LogP contribution in [0.5, 0.6) is 0 Å². The first kappa shape index (κ1) is 24.2. The van der Waals surface area contributed by atoms with E-state index in [0.29, 0.717) is 11.5 Å². The van der Waals surface area contributed by atoms with E-state index in [2.05, 4.69) is 35.5 Å². The molecule has 0 bridgehead atoms. The highest BCUT2D eigenvalue weighted by molar-refractivity contribution is 5.76. The molecule has 1 aliphatic rings. The van der Waals surface area contributed by atoms with E-state index in [1.807, 2.05) is 48.8 Å². The Labute approximate surface area is 232 Å². The fourth-order valence-electron chi connectivity index (χ4n) is 4.88. The number of nitrogen functional groups attached to an aromatic ring is 1. The molecule has 0 radical (unpaired) electrons. The third-order valence-electron chi connectivity index (χ3n) is 6.91. The Hall–Kier alpha value is -5.85. The number of rotatable bonds is 4. The second-order valence-corrected chi connectivity index (χ2v) is 9.46. The Morgan fingerprint density at radius 1 is 0.829 bits per heavy atom. The highest BCUT2D eigenvalue weighted by Crippen LogP contribution is 2.26. The molecule has 13 nitrogen and oxygen atoms in total. The Bertz CT molecular complexity index is 2010. The van der Waals surface area contributed by atoms with Gasteiger partial charge in [-0.05, 0) is 43.5 Å². The number of nitrogens with one attached hydrogen (secondary N) is 2. The third-order valence-corrected chi connectivity index (χ3v) is 6.91. The van der Waals surface area contributed by atoms with Gasteiger partial charge in [0.15, 0.2) is 17.3 Å². The van der Waals surface area contributed by atoms with Crippen molar-refractivity contribution in [3.8, 4) is 33.9 Å². The lowest BCUT2D eigenvalue weighted by Gasteiger charge is -2.00. The average molecular weight is 545 g/mol. The molecule has 7 heterocycles. The Morgan fingerprint density at radius 2 is 1.51 bits per heavy atom. The molecule has 0 saturated carbocycles. The molecule has 0 aromatic carbocycles. The van der Waals surface area contributed by atoms with Crippen molar-refractivity contribution in [2.24, 2.45) is 0 Å². The van der Waals surface area contributed by atoms with Crippen molar-refractivity contribution in [3.05, 3.63) is 108 Å². The summed E-state index contributed by atoms with van der Waals surface area (Å²) in [5, 5.41) is 18.2. The topological polar surface area (TPSA) is 166 Å². The lowest BCUT2D eigenvalue weighted by Crippen LogP contribution is -2.20. The zero-order chi connectivity index (χ0) is 27.8. The zero-order valence-electron chi connectivity index (χ0n) is 21.7. The molecule has 13 heteroatoms. The number of aryl methyl sites for hydroxylation is 1. The van der Waals surface area contributed by atoms with Gasteiger partial charge < -0.3 is 5.73 Å². The molecule has 0 atom stereocenters. The van der Waals surface area contributed by atoms with Crippen LogP contribution in [0.25, 0.3) is 39.5 Å². The summed E-state index contributed by atoms with van der Waals surface area (Å²) in [4.78, 5) is 25.8. The van der Waals surface area contributed by atoms with Crippen LogP contribution in [0, 0.1) is 0 Å². The van der Waals surface area contributed by atoms with Gasteiger partial charge in [0.1, 0.15) is 5.82 Å². The first-order chi connectivity index (χ1) is 20.2. The van der Waals surface area contributed by atoms with Crippen LogP contribution >= 0.6 is 0 Å². The Kier molecular flexibility index (Phi) is 5.93. The summed E-state index contributed by atoms with van der Waals surface area (Å²) >= 11 is 0. The van der Waals surface area contributed by atoms with Crippen LogP contribution < -0.4 is 11.3 Å². The number of aromatic nitrogens is 11. The summed E-state index contributed by atoms with van der Waals surface area (Å²) in [6.45, 7) is 0. The third kappa shape index (κ3) is 4.44. The normalized spacial score (nSPS) is 12.3. The maximum Gasteiger partial charge on any atom is 0.276 e. The van der Waals surface area contributed by atoms with E-state index in [0.717, 1.165) is 64.4 Å². The van der Waals surface area contributed by atoms with Crippen LogP contribution in [0.15, 0.2) is 90.8 Å². The maximum atomic E-state index is 12.6. The fraction of sp³-hybridized carbons (Fsp3) is 0.107. The average Bonchev–Trinajstić information content (AvgIpc) is 3.84. The van der Waals surface area contributed by atoms with Gasteiger partial charge in [-0.2, -0.15) is 15.3 Å². The van der Waals surface area contributed by atoms with Gasteiger partial charge in [-0.15, -0.1) is 0 Å². The molecule has 8 rings (SSSR count). The van der Waals surface area contributed by atoms with Crippen molar-refractivity contribution in [1.29, 1.82) is 0 Å². The van der Waals surface area contributed by atoms with Crippen molar-refractivity contribution < 1.29 is 0 Å².